The van der Waals surface area contributed by atoms with Crippen molar-refractivity contribution in [2.24, 2.45) is 0 Å². The molecule has 1 N–H and O–H groups in total. The third-order valence-corrected chi connectivity index (χ3v) is 3.18. The SMILES string of the molecule is CCCNC(Cc1cccnc1)c1ccc(CC)o1. The molecule has 3 nitrogen and oxygen atoms in total. The van der Waals surface area contributed by atoms with Crippen LogP contribution in [0.25, 0.3) is 0 Å². The number of nitrogens with one attached hydrogen (secondary N) is 1. The average Bonchev–Trinajstić information content (AvgIpc) is 2.93. The number of furan rings is 1. The van der Waals surface area contributed by atoms with Crippen molar-refractivity contribution >= 4 is 0 Å². The van der Waals surface area contributed by atoms with Gasteiger partial charge in [0.25, 0.3) is 0 Å². The summed E-state index contributed by atoms with van der Waals surface area (Å²) in [4.78, 5) is 4.17. The van der Waals surface area contributed by atoms with Crippen molar-refractivity contribution in [3.8, 4) is 0 Å². The molecular formula is C16H22N2O. The molecule has 0 bridgehead atoms. The van der Waals surface area contributed by atoms with Gasteiger partial charge in [0.2, 0.25) is 0 Å². The zero-order valence-electron chi connectivity index (χ0n) is 11.7. The van der Waals surface area contributed by atoms with Gasteiger partial charge < -0.3 is 9.73 Å². The van der Waals surface area contributed by atoms with Crippen LogP contribution in [0.2, 0.25) is 0 Å². The Morgan fingerprint density at radius 3 is 2.79 bits per heavy atom. The van der Waals surface area contributed by atoms with Crippen molar-refractivity contribution < 1.29 is 4.42 Å². The lowest BCUT2D eigenvalue weighted by molar-refractivity contribution is 0.392. The minimum Gasteiger partial charge on any atom is -0.464 e. The molecule has 0 aromatic carbocycles. The minimum atomic E-state index is 0.226. The molecule has 0 amide bonds. The molecule has 2 aromatic rings. The first-order valence-electron chi connectivity index (χ1n) is 7.04. The summed E-state index contributed by atoms with van der Waals surface area (Å²) < 4.78 is 5.88. The van der Waals surface area contributed by atoms with Crippen LogP contribution in [0, 0.1) is 0 Å². The Bertz CT molecular complexity index is 479. The lowest BCUT2D eigenvalue weighted by Gasteiger charge is -2.16. The Morgan fingerprint density at radius 2 is 2.16 bits per heavy atom. The normalized spacial score (nSPS) is 12.5. The first-order chi connectivity index (χ1) is 9.33. The van der Waals surface area contributed by atoms with Crippen LogP contribution in [0.4, 0.5) is 0 Å². The number of aromatic nitrogens is 1. The number of hydrogen-bond acceptors (Lipinski definition) is 3. The van der Waals surface area contributed by atoms with Gasteiger partial charge in [0.15, 0.2) is 0 Å². The quantitative estimate of drug-likeness (QED) is 0.825. The smallest absolute Gasteiger partial charge is 0.121 e. The Kier molecular flexibility index (Phi) is 5.16. The number of hydrogen-bond donors (Lipinski definition) is 1. The fourth-order valence-corrected chi connectivity index (χ4v) is 2.12. The first kappa shape index (κ1) is 13.8. The van der Waals surface area contributed by atoms with E-state index in [0.29, 0.717) is 0 Å². The van der Waals surface area contributed by atoms with E-state index in [1.807, 2.05) is 12.3 Å². The fraction of sp³-hybridized carbons (Fsp3) is 0.438. The highest BCUT2D eigenvalue weighted by molar-refractivity contribution is 5.16. The van der Waals surface area contributed by atoms with E-state index in [1.54, 1.807) is 6.20 Å². The van der Waals surface area contributed by atoms with Crippen LogP contribution in [0.3, 0.4) is 0 Å². The summed E-state index contributed by atoms with van der Waals surface area (Å²) in [6.07, 6.45) is 6.69. The van der Waals surface area contributed by atoms with Crippen LogP contribution in [0.5, 0.6) is 0 Å². The van der Waals surface area contributed by atoms with Gasteiger partial charge in [-0.2, -0.15) is 0 Å². The zero-order chi connectivity index (χ0) is 13.5. The second-order valence-electron chi connectivity index (χ2n) is 4.73. The molecule has 0 aliphatic heterocycles. The van der Waals surface area contributed by atoms with Gasteiger partial charge in [-0.3, -0.25) is 4.98 Å². The van der Waals surface area contributed by atoms with E-state index in [1.165, 1.54) is 5.56 Å². The fourth-order valence-electron chi connectivity index (χ4n) is 2.12. The van der Waals surface area contributed by atoms with E-state index in [9.17, 15) is 0 Å². The van der Waals surface area contributed by atoms with Gasteiger partial charge in [-0.1, -0.05) is 19.9 Å². The summed E-state index contributed by atoms with van der Waals surface area (Å²) in [5.74, 6) is 2.07. The molecule has 1 atom stereocenters. The molecule has 0 spiro atoms. The Labute approximate surface area is 115 Å². The summed E-state index contributed by atoms with van der Waals surface area (Å²) >= 11 is 0. The maximum absolute atomic E-state index is 5.88. The lowest BCUT2D eigenvalue weighted by Crippen LogP contribution is -2.23. The predicted octanol–water partition coefficient (Wildman–Crippen LogP) is 3.52. The Morgan fingerprint density at radius 1 is 1.26 bits per heavy atom. The van der Waals surface area contributed by atoms with Gasteiger partial charge in [0.05, 0.1) is 6.04 Å². The minimum absolute atomic E-state index is 0.226. The average molecular weight is 258 g/mol. The van der Waals surface area contributed by atoms with E-state index in [4.69, 9.17) is 4.42 Å². The second-order valence-corrected chi connectivity index (χ2v) is 4.73. The van der Waals surface area contributed by atoms with Gasteiger partial charge in [-0.15, -0.1) is 0 Å². The van der Waals surface area contributed by atoms with Crippen molar-refractivity contribution in [2.75, 3.05) is 6.54 Å². The van der Waals surface area contributed by atoms with E-state index in [2.05, 4.69) is 42.3 Å². The molecule has 0 fully saturated rings. The predicted molar refractivity (Wildman–Crippen MR) is 77.1 cm³/mol. The number of pyridine rings is 1. The summed E-state index contributed by atoms with van der Waals surface area (Å²) in [6, 6.07) is 8.47. The second kappa shape index (κ2) is 7.10. The molecule has 3 heteroatoms. The summed E-state index contributed by atoms with van der Waals surface area (Å²) in [5.41, 5.74) is 1.23. The van der Waals surface area contributed by atoms with Crippen molar-refractivity contribution in [3.05, 3.63) is 53.7 Å². The molecule has 0 saturated carbocycles. The van der Waals surface area contributed by atoms with Gasteiger partial charge >= 0.3 is 0 Å². The maximum Gasteiger partial charge on any atom is 0.121 e. The topological polar surface area (TPSA) is 38.1 Å². The summed E-state index contributed by atoms with van der Waals surface area (Å²) in [6.45, 7) is 5.28. The van der Waals surface area contributed by atoms with Crippen molar-refractivity contribution in [2.45, 2.75) is 39.2 Å². The van der Waals surface area contributed by atoms with Crippen LogP contribution in [0.15, 0.2) is 41.1 Å². The van der Waals surface area contributed by atoms with Crippen molar-refractivity contribution in [1.82, 2.24) is 10.3 Å². The van der Waals surface area contributed by atoms with Gasteiger partial charge in [0, 0.05) is 18.8 Å². The highest BCUT2D eigenvalue weighted by Gasteiger charge is 2.15. The van der Waals surface area contributed by atoms with Crippen LogP contribution in [0.1, 0.15) is 43.4 Å². The molecule has 102 valence electrons. The van der Waals surface area contributed by atoms with E-state index < -0.39 is 0 Å². The summed E-state index contributed by atoms with van der Waals surface area (Å²) in [5, 5.41) is 3.55. The standard InChI is InChI=1S/C16H22N2O/c1-3-9-18-15(11-13-6-5-10-17-12-13)16-8-7-14(4-2)19-16/h5-8,10,12,15,18H,3-4,9,11H2,1-2H3. The van der Waals surface area contributed by atoms with E-state index >= 15 is 0 Å². The highest BCUT2D eigenvalue weighted by Crippen LogP contribution is 2.21. The summed E-state index contributed by atoms with van der Waals surface area (Å²) in [7, 11) is 0. The van der Waals surface area contributed by atoms with Crippen LogP contribution in [-0.4, -0.2) is 11.5 Å². The Hall–Kier alpha value is -1.61. The van der Waals surface area contributed by atoms with Crippen molar-refractivity contribution in [3.63, 3.8) is 0 Å². The molecule has 2 aromatic heterocycles. The number of aryl methyl sites for hydroxylation is 1. The van der Waals surface area contributed by atoms with E-state index in [0.717, 1.165) is 37.3 Å². The van der Waals surface area contributed by atoms with Crippen LogP contribution in [-0.2, 0) is 12.8 Å². The first-order valence-corrected chi connectivity index (χ1v) is 7.04. The van der Waals surface area contributed by atoms with Gasteiger partial charge in [-0.05, 0) is 43.1 Å². The maximum atomic E-state index is 5.88. The zero-order valence-corrected chi connectivity index (χ0v) is 11.7. The third-order valence-electron chi connectivity index (χ3n) is 3.18. The molecule has 0 radical (unpaired) electrons. The molecule has 0 aliphatic rings. The molecule has 1 unspecified atom stereocenters. The molecule has 2 heterocycles. The monoisotopic (exact) mass is 258 g/mol. The third kappa shape index (κ3) is 3.93. The molecular weight excluding hydrogens is 236 g/mol. The molecule has 0 saturated heterocycles. The van der Waals surface area contributed by atoms with Crippen molar-refractivity contribution in [1.29, 1.82) is 0 Å². The molecule has 2 rings (SSSR count). The van der Waals surface area contributed by atoms with Gasteiger partial charge in [0.1, 0.15) is 11.5 Å². The van der Waals surface area contributed by atoms with Crippen LogP contribution < -0.4 is 5.32 Å². The number of rotatable bonds is 7. The largest absolute Gasteiger partial charge is 0.464 e. The molecule has 0 aliphatic carbocycles. The number of nitrogens with zero attached hydrogens (tertiary/aromatic N) is 1. The van der Waals surface area contributed by atoms with Gasteiger partial charge in [-0.25, -0.2) is 0 Å². The molecule has 19 heavy (non-hydrogen) atoms. The highest BCUT2D eigenvalue weighted by atomic mass is 16.3. The lowest BCUT2D eigenvalue weighted by atomic mass is 10.1. The Balaban J connectivity index is 2.11. The van der Waals surface area contributed by atoms with Crippen LogP contribution >= 0.6 is 0 Å². The van der Waals surface area contributed by atoms with E-state index in [-0.39, 0.29) is 6.04 Å².